The van der Waals surface area contributed by atoms with E-state index in [1.54, 1.807) is 6.92 Å². The Morgan fingerprint density at radius 2 is 1.12 bits per heavy atom. The first-order valence-electron chi connectivity index (χ1n) is 10.7. The largest absolute Gasteiger partial charge is 0.481 e. The summed E-state index contributed by atoms with van der Waals surface area (Å²) in [6, 6.07) is 0. The fraction of sp³-hybridized carbons (Fsp3) is 0.909. The maximum absolute atomic E-state index is 11.8. The number of carbonyl (C=O) groups is 2. The summed E-state index contributed by atoms with van der Waals surface area (Å²) in [6.07, 6.45) is 17.5. The molecule has 3 nitrogen and oxygen atoms in total. The molecule has 1 N–H and O–H groups in total. The summed E-state index contributed by atoms with van der Waals surface area (Å²) in [5.74, 6) is -0.996. The van der Waals surface area contributed by atoms with E-state index in [-0.39, 0.29) is 5.78 Å². The fourth-order valence-corrected chi connectivity index (χ4v) is 3.33. The molecule has 0 fully saturated rings. The Morgan fingerprint density at radius 1 is 0.720 bits per heavy atom. The average molecular weight is 355 g/mol. The quantitative estimate of drug-likeness (QED) is 0.218. The number of carboxylic acids is 1. The second-order valence-corrected chi connectivity index (χ2v) is 7.94. The van der Waals surface area contributed by atoms with E-state index in [9.17, 15) is 9.59 Å². The minimum atomic E-state index is -0.965. The predicted octanol–water partition coefficient (Wildman–Crippen LogP) is 6.78. The van der Waals surface area contributed by atoms with Crippen LogP contribution in [0, 0.1) is 11.8 Å². The van der Waals surface area contributed by atoms with Gasteiger partial charge in [-0.05, 0) is 18.8 Å². The third-order valence-corrected chi connectivity index (χ3v) is 5.05. The maximum atomic E-state index is 11.8. The number of carbonyl (C=O) groups excluding carboxylic acids is 1. The lowest BCUT2D eigenvalue weighted by Gasteiger charge is -2.08. The minimum Gasteiger partial charge on any atom is -0.481 e. The van der Waals surface area contributed by atoms with Gasteiger partial charge in [-0.3, -0.25) is 9.59 Å². The number of aliphatic carboxylic acids is 1. The first-order valence-corrected chi connectivity index (χ1v) is 10.7. The molecule has 0 aliphatic rings. The number of hydrogen-bond acceptors (Lipinski definition) is 2. The Labute approximate surface area is 156 Å². The predicted molar refractivity (Wildman–Crippen MR) is 106 cm³/mol. The van der Waals surface area contributed by atoms with Crippen molar-refractivity contribution in [1.82, 2.24) is 0 Å². The molecule has 0 saturated heterocycles. The molecule has 25 heavy (non-hydrogen) atoms. The van der Waals surface area contributed by atoms with Crippen LogP contribution in [0.4, 0.5) is 0 Å². The Balaban J connectivity index is 3.29. The molecule has 0 aliphatic heterocycles. The lowest BCUT2D eigenvalue weighted by molar-refractivity contribution is -0.146. The van der Waals surface area contributed by atoms with Crippen molar-refractivity contribution in [2.45, 2.75) is 117 Å². The molecule has 0 amide bonds. The van der Waals surface area contributed by atoms with E-state index in [1.165, 1.54) is 70.6 Å². The first-order chi connectivity index (χ1) is 12.0. The number of unbranched alkanes of at least 4 members (excludes halogenated alkanes) is 11. The van der Waals surface area contributed by atoms with Gasteiger partial charge in [-0.15, -0.1) is 0 Å². The number of ketones is 1. The second kappa shape index (κ2) is 16.6. The van der Waals surface area contributed by atoms with E-state index >= 15 is 0 Å². The highest BCUT2D eigenvalue weighted by Gasteiger charge is 2.22. The van der Waals surface area contributed by atoms with Crippen molar-refractivity contribution >= 4 is 11.8 Å². The zero-order valence-corrected chi connectivity index (χ0v) is 17.0. The molecule has 0 aromatic rings. The van der Waals surface area contributed by atoms with Gasteiger partial charge in [0.15, 0.2) is 0 Å². The van der Waals surface area contributed by atoms with Gasteiger partial charge in [0, 0.05) is 6.42 Å². The van der Waals surface area contributed by atoms with Gasteiger partial charge in [-0.2, -0.15) is 0 Å². The van der Waals surface area contributed by atoms with Gasteiger partial charge < -0.3 is 5.11 Å². The molecule has 0 spiro atoms. The molecular weight excluding hydrogens is 312 g/mol. The Kier molecular flexibility index (Phi) is 16.0. The smallest absolute Gasteiger partial charge is 0.314 e. The van der Waals surface area contributed by atoms with Crippen molar-refractivity contribution in [3.63, 3.8) is 0 Å². The molecule has 3 heteroatoms. The average Bonchev–Trinajstić information content (AvgIpc) is 2.55. The molecule has 1 atom stereocenters. The third-order valence-electron chi connectivity index (χ3n) is 5.05. The summed E-state index contributed by atoms with van der Waals surface area (Å²) in [6.45, 7) is 6.37. The zero-order chi connectivity index (χ0) is 18.9. The number of hydrogen-bond donors (Lipinski definition) is 1. The van der Waals surface area contributed by atoms with Crippen molar-refractivity contribution < 1.29 is 14.7 Å². The summed E-state index contributed by atoms with van der Waals surface area (Å²) >= 11 is 0. The van der Waals surface area contributed by atoms with Crippen LogP contribution in [0.5, 0.6) is 0 Å². The molecule has 0 aromatic carbocycles. The molecule has 148 valence electrons. The Bertz CT molecular complexity index is 336. The van der Waals surface area contributed by atoms with Crippen LogP contribution >= 0.6 is 0 Å². The van der Waals surface area contributed by atoms with E-state index in [4.69, 9.17) is 5.11 Å². The highest BCUT2D eigenvalue weighted by molar-refractivity contribution is 5.98. The molecule has 0 aliphatic carbocycles. The highest BCUT2D eigenvalue weighted by Crippen LogP contribution is 2.15. The van der Waals surface area contributed by atoms with Crippen molar-refractivity contribution in [3.8, 4) is 0 Å². The number of Topliss-reactive ketones (excluding diaryl/α,β-unsaturated/α-hetero) is 1. The second-order valence-electron chi connectivity index (χ2n) is 7.94. The van der Waals surface area contributed by atoms with Crippen LogP contribution in [0.3, 0.4) is 0 Å². The zero-order valence-electron chi connectivity index (χ0n) is 17.0. The summed E-state index contributed by atoms with van der Waals surface area (Å²) in [7, 11) is 0. The molecule has 0 bridgehead atoms. The van der Waals surface area contributed by atoms with Gasteiger partial charge in [-0.1, -0.05) is 97.8 Å². The van der Waals surface area contributed by atoms with Crippen LogP contribution in [0.2, 0.25) is 0 Å². The molecular formula is C22H42O3. The van der Waals surface area contributed by atoms with Gasteiger partial charge in [0.05, 0.1) is 0 Å². The monoisotopic (exact) mass is 354 g/mol. The van der Waals surface area contributed by atoms with Crippen LogP contribution in [0.1, 0.15) is 117 Å². The first kappa shape index (κ1) is 24.1. The van der Waals surface area contributed by atoms with E-state index in [0.717, 1.165) is 18.8 Å². The lowest BCUT2D eigenvalue weighted by Crippen LogP contribution is -2.22. The Morgan fingerprint density at radius 3 is 1.48 bits per heavy atom. The summed E-state index contributed by atoms with van der Waals surface area (Å²) < 4.78 is 0. The molecule has 0 saturated carbocycles. The van der Waals surface area contributed by atoms with Gasteiger partial charge >= 0.3 is 5.97 Å². The standard InChI is InChI=1S/C22H42O3/c1-4-20(22(24)25)21(23)18-16-14-12-10-8-6-5-7-9-11-13-15-17-19(2)3/h19-20H,4-18H2,1-3H3,(H,24,25). The van der Waals surface area contributed by atoms with Gasteiger partial charge in [0.1, 0.15) is 11.7 Å². The van der Waals surface area contributed by atoms with Crippen LogP contribution in [0.25, 0.3) is 0 Å². The van der Waals surface area contributed by atoms with Gasteiger partial charge in [0.25, 0.3) is 0 Å². The minimum absolute atomic E-state index is 0.0941. The van der Waals surface area contributed by atoms with Crippen LogP contribution in [-0.4, -0.2) is 16.9 Å². The Hall–Kier alpha value is -0.860. The molecule has 0 heterocycles. The van der Waals surface area contributed by atoms with Gasteiger partial charge in [-0.25, -0.2) is 0 Å². The van der Waals surface area contributed by atoms with Crippen molar-refractivity contribution in [1.29, 1.82) is 0 Å². The van der Waals surface area contributed by atoms with Gasteiger partial charge in [0.2, 0.25) is 0 Å². The van der Waals surface area contributed by atoms with E-state index in [2.05, 4.69) is 13.8 Å². The number of rotatable bonds is 18. The molecule has 0 rings (SSSR count). The van der Waals surface area contributed by atoms with Crippen molar-refractivity contribution in [3.05, 3.63) is 0 Å². The summed E-state index contributed by atoms with van der Waals surface area (Å²) in [5, 5.41) is 8.95. The summed E-state index contributed by atoms with van der Waals surface area (Å²) in [5.41, 5.74) is 0. The normalized spacial score (nSPS) is 12.5. The fourth-order valence-electron chi connectivity index (χ4n) is 3.33. The molecule has 0 aromatic heterocycles. The topological polar surface area (TPSA) is 54.4 Å². The van der Waals surface area contributed by atoms with E-state index in [0.29, 0.717) is 12.8 Å². The van der Waals surface area contributed by atoms with Crippen molar-refractivity contribution in [2.75, 3.05) is 0 Å². The highest BCUT2D eigenvalue weighted by atomic mass is 16.4. The number of carboxylic acid groups (broad SMARTS) is 1. The molecule has 1 unspecified atom stereocenters. The van der Waals surface area contributed by atoms with Crippen molar-refractivity contribution in [2.24, 2.45) is 11.8 Å². The third kappa shape index (κ3) is 15.1. The molecule has 0 radical (unpaired) electrons. The van der Waals surface area contributed by atoms with Crippen LogP contribution < -0.4 is 0 Å². The maximum Gasteiger partial charge on any atom is 0.314 e. The van der Waals surface area contributed by atoms with E-state index < -0.39 is 11.9 Å². The summed E-state index contributed by atoms with van der Waals surface area (Å²) in [4.78, 5) is 22.7. The lowest BCUT2D eigenvalue weighted by atomic mass is 9.96. The SMILES string of the molecule is CCC(C(=O)O)C(=O)CCCCCCCCCCCCCCC(C)C. The van der Waals surface area contributed by atoms with E-state index in [1.807, 2.05) is 0 Å². The van der Waals surface area contributed by atoms with Crippen LogP contribution in [-0.2, 0) is 9.59 Å². The van der Waals surface area contributed by atoms with Crippen LogP contribution in [0.15, 0.2) is 0 Å².